The van der Waals surface area contributed by atoms with Crippen LogP contribution in [0, 0.1) is 5.41 Å². The quantitative estimate of drug-likeness (QED) is 0.443. The molecule has 0 aliphatic carbocycles. The molecule has 1 aliphatic rings. The lowest BCUT2D eigenvalue weighted by Crippen LogP contribution is -2.60. The molecule has 5 atom stereocenters. The van der Waals surface area contributed by atoms with E-state index in [9.17, 15) is 20.1 Å². The molecule has 1 heterocycles. The molecule has 4 N–H and O–H groups in total. The zero-order valence-corrected chi connectivity index (χ0v) is 10.6. The molecule has 7 nitrogen and oxygen atoms in total. The zero-order chi connectivity index (χ0) is 14.1. The Morgan fingerprint density at radius 3 is 2.22 bits per heavy atom. The second-order valence-electron chi connectivity index (χ2n) is 5.35. The van der Waals surface area contributed by atoms with Crippen LogP contribution in [0.15, 0.2) is 0 Å². The highest BCUT2D eigenvalue weighted by Gasteiger charge is 2.46. The molecule has 0 aromatic rings. The van der Waals surface area contributed by atoms with Gasteiger partial charge in [-0.3, -0.25) is 4.79 Å². The van der Waals surface area contributed by atoms with Crippen LogP contribution in [0.3, 0.4) is 0 Å². The maximum atomic E-state index is 11.7. The third-order valence-electron chi connectivity index (χ3n) is 2.70. The zero-order valence-electron chi connectivity index (χ0n) is 10.6. The van der Waals surface area contributed by atoms with Gasteiger partial charge in [-0.05, 0) is 20.8 Å². The molecule has 0 aromatic heterocycles. The van der Waals surface area contributed by atoms with Crippen molar-refractivity contribution >= 4 is 5.97 Å². The molecular formula is C11H20O7. The second-order valence-corrected chi connectivity index (χ2v) is 5.35. The van der Waals surface area contributed by atoms with Gasteiger partial charge in [0.15, 0.2) is 12.4 Å². The third kappa shape index (κ3) is 3.18. The average Bonchev–Trinajstić information content (AvgIpc) is 2.27. The molecule has 0 bridgehead atoms. The van der Waals surface area contributed by atoms with E-state index in [2.05, 4.69) is 0 Å². The van der Waals surface area contributed by atoms with Crippen LogP contribution in [0.2, 0.25) is 0 Å². The normalized spacial score (nSPS) is 37.4. The maximum Gasteiger partial charge on any atom is 0.311 e. The molecule has 0 spiro atoms. The van der Waals surface area contributed by atoms with Gasteiger partial charge in [-0.15, -0.1) is 0 Å². The van der Waals surface area contributed by atoms with Gasteiger partial charge >= 0.3 is 5.97 Å². The molecule has 1 aliphatic heterocycles. The van der Waals surface area contributed by atoms with Crippen molar-refractivity contribution < 1.29 is 34.7 Å². The minimum absolute atomic E-state index is 0.560. The van der Waals surface area contributed by atoms with Crippen molar-refractivity contribution in [1.29, 1.82) is 0 Å². The highest BCUT2D eigenvalue weighted by atomic mass is 16.7. The van der Waals surface area contributed by atoms with Crippen molar-refractivity contribution in [3.05, 3.63) is 0 Å². The van der Waals surface area contributed by atoms with Gasteiger partial charge in [-0.2, -0.15) is 0 Å². The van der Waals surface area contributed by atoms with Crippen LogP contribution >= 0.6 is 0 Å². The van der Waals surface area contributed by atoms with Crippen molar-refractivity contribution in [1.82, 2.24) is 0 Å². The van der Waals surface area contributed by atoms with Gasteiger partial charge in [-0.25, -0.2) is 0 Å². The lowest BCUT2D eigenvalue weighted by Gasteiger charge is -2.40. The first-order valence-electron chi connectivity index (χ1n) is 5.70. The van der Waals surface area contributed by atoms with E-state index in [0.29, 0.717) is 0 Å². The predicted octanol–water partition coefficient (Wildman–Crippen LogP) is -1.62. The van der Waals surface area contributed by atoms with Crippen LogP contribution in [0.25, 0.3) is 0 Å². The molecule has 0 aromatic carbocycles. The fourth-order valence-electron chi connectivity index (χ4n) is 1.50. The number of carbonyl (C=O) groups excluding carboxylic acids is 1. The van der Waals surface area contributed by atoms with E-state index in [4.69, 9.17) is 14.6 Å². The van der Waals surface area contributed by atoms with Crippen LogP contribution in [0.5, 0.6) is 0 Å². The molecule has 1 fully saturated rings. The van der Waals surface area contributed by atoms with Crippen LogP contribution in [0.1, 0.15) is 20.8 Å². The minimum Gasteiger partial charge on any atom is -0.454 e. The van der Waals surface area contributed by atoms with Gasteiger partial charge in [0, 0.05) is 0 Å². The number of rotatable bonds is 2. The summed E-state index contributed by atoms with van der Waals surface area (Å²) in [6.07, 6.45) is -7.03. The fraction of sp³-hybridized carbons (Fsp3) is 0.909. The first kappa shape index (κ1) is 15.3. The van der Waals surface area contributed by atoms with Gasteiger partial charge in [0.2, 0.25) is 0 Å². The minimum atomic E-state index is -1.59. The summed E-state index contributed by atoms with van der Waals surface area (Å²) < 4.78 is 9.80. The summed E-state index contributed by atoms with van der Waals surface area (Å²) in [4.78, 5) is 11.7. The smallest absolute Gasteiger partial charge is 0.311 e. The van der Waals surface area contributed by atoms with E-state index in [1.54, 1.807) is 20.8 Å². The Kier molecular flexibility index (Phi) is 4.68. The van der Waals surface area contributed by atoms with Crippen molar-refractivity contribution in [2.75, 3.05) is 6.61 Å². The first-order chi connectivity index (χ1) is 8.18. The summed E-state index contributed by atoms with van der Waals surface area (Å²) in [7, 11) is 0. The van der Waals surface area contributed by atoms with E-state index in [1.165, 1.54) is 0 Å². The van der Waals surface area contributed by atoms with Gasteiger partial charge in [0.05, 0.1) is 12.0 Å². The Morgan fingerprint density at radius 2 is 1.78 bits per heavy atom. The van der Waals surface area contributed by atoms with E-state index in [1.807, 2.05) is 0 Å². The Morgan fingerprint density at radius 1 is 1.22 bits per heavy atom. The van der Waals surface area contributed by atoms with Crippen molar-refractivity contribution in [3.63, 3.8) is 0 Å². The molecule has 1 unspecified atom stereocenters. The summed E-state index contributed by atoms with van der Waals surface area (Å²) in [5, 5.41) is 37.8. The molecule has 1 saturated heterocycles. The van der Waals surface area contributed by atoms with Crippen LogP contribution < -0.4 is 0 Å². The summed E-state index contributed by atoms with van der Waals surface area (Å²) >= 11 is 0. The number of hydrogen-bond donors (Lipinski definition) is 4. The number of hydrogen-bond acceptors (Lipinski definition) is 7. The summed E-state index contributed by atoms with van der Waals surface area (Å²) in [5.41, 5.74) is -0.807. The highest BCUT2D eigenvalue weighted by molar-refractivity contribution is 5.75. The van der Waals surface area contributed by atoms with Crippen molar-refractivity contribution in [2.24, 2.45) is 5.41 Å². The summed E-state index contributed by atoms with van der Waals surface area (Å²) in [5.74, 6) is -0.635. The van der Waals surface area contributed by atoms with Crippen molar-refractivity contribution in [2.45, 2.75) is 51.5 Å². The van der Waals surface area contributed by atoms with Crippen molar-refractivity contribution in [3.8, 4) is 0 Å². The highest BCUT2D eigenvalue weighted by Crippen LogP contribution is 2.25. The number of aliphatic hydroxyl groups is 4. The first-order valence-corrected chi connectivity index (χ1v) is 5.70. The second kappa shape index (κ2) is 5.50. The van der Waals surface area contributed by atoms with Crippen LogP contribution in [0.4, 0.5) is 0 Å². The third-order valence-corrected chi connectivity index (χ3v) is 2.70. The monoisotopic (exact) mass is 264 g/mol. The largest absolute Gasteiger partial charge is 0.454 e. The van der Waals surface area contributed by atoms with Gasteiger partial charge in [0.1, 0.15) is 18.3 Å². The summed E-state index contributed by atoms with van der Waals surface area (Å²) in [6, 6.07) is 0. The number of carbonyl (C=O) groups is 1. The SMILES string of the molecule is CC(C)(C)C(=O)O[C@H]1C(O)O[C@H](CO)[C@H](O)[C@@H]1O. The Bertz CT molecular complexity index is 298. The number of aliphatic hydroxyl groups excluding tert-OH is 4. The Balaban J connectivity index is 2.74. The Labute approximate surface area is 105 Å². The van der Waals surface area contributed by atoms with E-state index in [0.717, 1.165) is 0 Å². The number of esters is 1. The van der Waals surface area contributed by atoms with E-state index in [-0.39, 0.29) is 0 Å². The lowest BCUT2D eigenvalue weighted by molar-refractivity contribution is -0.292. The lowest BCUT2D eigenvalue weighted by atomic mass is 9.96. The standard InChI is InChI=1S/C11H20O7/c1-11(2,3)10(16)18-8-7(14)6(13)5(4-12)17-9(8)15/h5-9,12-15H,4H2,1-3H3/t5-,6+,7+,8-,9?/m1/s1. The predicted molar refractivity (Wildman–Crippen MR) is 59.3 cm³/mol. The maximum absolute atomic E-state index is 11.7. The molecule has 1 rings (SSSR count). The van der Waals surface area contributed by atoms with Gasteiger partial charge in [-0.1, -0.05) is 0 Å². The van der Waals surface area contributed by atoms with Gasteiger partial charge in [0.25, 0.3) is 0 Å². The molecule has 7 heteroatoms. The summed E-state index contributed by atoms with van der Waals surface area (Å²) in [6.45, 7) is 4.29. The number of ether oxygens (including phenoxy) is 2. The van der Waals surface area contributed by atoms with Crippen LogP contribution in [-0.2, 0) is 14.3 Å². The molecule has 0 amide bonds. The molecule has 0 saturated carbocycles. The van der Waals surface area contributed by atoms with E-state index >= 15 is 0 Å². The van der Waals surface area contributed by atoms with E-state index < -0.39 is 48.7 Å². The topological polar surface area (TPSA) is 116 Å². The molecule has 0 radical (unpaired) electrons. The molecule has 106 valence electrons. The average molecular weight is 264 g/mol. The fourth-order valence-corrected chi connectivity index (χ4v) is 1.50. The van der Waals surface area contributed by atoms with Crippen LogP contribution in [-0.4, -0.2) is 63.7 Å². The van der Waals surface area contributed by atoms with Gasteiger partial charge < -0.3 is 29.9 Å². The molecular weight excluding hydrogens is 244 g/mol. The Hall–Kier alpha value is -0.730. The molecule has 18 heavy (non-hydrogen) atoms.